The normalized spacial score (nSPS) is 14.0. The van der Waals surface area contributed by atoms with Crippen LogP contribution in [0.15, 0.2) is 35.4 Å². The number of hydrogen-bond donors (Lipinski definition) is 2. The summed E-state index contributed by atoms with van der Waals surface area (Å²) in [4.78, 5) is 12.0. The number of aryl methyl sites for hydroxylation is 1. The van der Waals surface area contributed by atoms with Gasteiger partial charge in [-0.2, -0.15) is 0 Å². The Balaban J connectivity index is 1.98. The van der Waals surface area contributed by atoms with Crippen LogP contribution >= 0.6 is 0 Å². The minimum absolute atomic E-state index is 0.00902. The van der Waals surface area contributed by atoms with E-state index in [9.17, 15) is 4.79 Å². The number of anilines is 1. The van der Waals surface area contributed by atoms with Gasteiger partial charge in [-0.3, -0.25) is 4.79 Å². The van der Waals surface area contributed by atoms with Crippen LogP contribution in [0.25, 0.3) is 0 Å². The molecule has 0 atom stereocenters. The Bertz CT molecular complexity index is 454. The lowest BCUT2D eigenvalue weighted by atomic mass is 10.0. The first-order chi connectivity index (χ1) is 8.70. The SMILES string of the molecule is CCCc1ccc(NC(=O)C(C)=C2CNC2)cc1. The summed E-state index contributed by atoms with van der Waals surface area (Å²) in [5, 5.41) is 6.08. The third kappa shape index (κ3) is 2.99. The van der Waals surface area contributed by atoms with Gasteiger partial charge < -0.3 is 10.6 Å². The van der Waals surface area contributed by atoms with Gasteiger partial charge in [0.25, 0.3) is 5.91 Å². The molecule has 1 saturated heterocycles. The Hall–Kier alpha value is -1.61. The largest absolute Gasteiger partial charge is 0.322 e. The van der Waals surface area contributed by atoms with E-state index in [1.807, 2.05) is 19.1 Å². The van der Waals surface area contributed by atoms with E-state index in [0.29, 0.717) is 0 Å². The summed E-state index contributed by atoms with van der Waals surface area (Å²) in [6.45, 7) is 5.73. The van der Waals surface area contributed by atoms with E-state index in [4.69, 9.17) is 0 Å². The fourth-order valence-electron chi connectivity index (χ4n) is 1.94. The molecule has 0 saturated carbocycles. The van der Waals surface area contributed by atoms with Crippen LogP contribution in [-0.4, -0.2) is 19.0 Å². The second-order valence-electron chi connectivity index (χ2n) is 4.73. The van der Waals surface area contributed by atoms with Crippen LogP contribution in [0.3, 0.4) is 0 Å². The van der Waals surface area contributed by atoms with Crippen molar-refractivity contribution in [2.75, 3.05) is 18.4 Å². The average molecular weight is 244 g/mol. The Morgan fingerprint density at radius 3 is 2.44 bits per heavy atom. The van der Waals surface area contributed by atoms with Crippen LogP contribution in [0.2, 0.25) is 0 Å². The van der Waals surface area contributed by atoms with Gasteiger partial charge in [-0.15, -0.1) is 0 Å². The van der Waals surface area contributed by atoms with Gasteiger partial charge in [0.2, 0.25) is 0 Å². The lowest BCUT2D eigenvalue weighted by molar-refractivity contribution is -0.112. The molecule has 0 bridgehead atoms. The molecule has 0 radical (unpaired) electrons. The second-order valence-corrected chi connectivity index (χ2v) is 4.73. The molecule has 1 aliphatic rings. The molecule has 1 amide bonds. The van der Waals surface area contributed by atoms with Crippen LogP contribution < -0.4 is 10.6 Å². The first kappa shape index (κ1) is 12.8. The van der Waals surface area contributed by atoms with E-state index in [1.54, 1.807) is 0 Å². The molecular formula is C15H20N2O. The molecule has 3 heteroatoms. The van der Waals surface area contributed by atoms with E-state index < -0.39 is 0 Å². The van der Waals surface area contributed by atoms with Gasteiger partial charge in [0.15, 0.2) is 0 Å². The molecule has 3 nitrogen and oxygen atoms in total. The zero-order valence-corrected chi connectivity index (χ0v) is 11.0. The number of amides is 1. The number of carbonyl (C=O) groups excluding carboxylic acids is 1. The van der Waals surface area contributed by atoms with Gasteiger partial charge in [0, 0.05) is 24.4 Å². The minimum atomic E-state index is 0.00902. The molecule has 0 aliphatic carbocycles. The highest BCUT2D eigenvalue weighted by molar-refractivity contribution is 6.04. The monoisotopic (exact) mass is 244 g/mol. The van der Waals surface area contributed by atoms with Crippen molar-refractivity contribution in [3.63, 3.8) is 0 Å². The highest BCUT2D eigenvalue weighted by atomic mass is 16.1. The molecule has 2 N–H and O–H groups in total. The van der Waals surface area contributed by atoms with Crippen molar-refractivity contribution >= 4 is 11.6 Å². The highest BCUT2D eigenvalue weighted by Gasteiger charge is 2.15. The van der Waals surface area contributed by atoms with Crippen LogP contribution in [-0.2, 0) is 11.2 Å². The van der Waals surface area contributed by atoms with Crippen LogP contribution in [0.4, 0.5) is 5.69 Å². The summed E-state index contributed by atoms with van der Waals surface area (Å²) >= 11 is 0. The van der Waals surface area contributed by atoms with E-state index in [-0.39, 0.29) is 5.91 Å². The number of hydrogen-bond acceptors (Lipinski definition) is 2. The third-order valence-electron chi connectivity index (χ3n) is 3.30. The number of nitrogens with one attached hydrogen (secondary N) is 2. The van der Waals surface area contributed by atoms with E-state index >= 15 is 0 Å². The van der Waals surface area contributed by atoms with E-state index in [1.165, 1.54) is 11.1 Å². The highest BCUT2D eigenvalue weighted by Crippen LogP contribution is 2.14. The summed E-state index contributed by atoms with van der Waals surface area (Å²) in [6.07, 6.45) is 2.23. The Kier molecular flexibility index (Phi) is 4.15. The molecule has 1 heterocycles. The lowest BCUT2D eigenvalue weighted by Crippen LogP contribution is -2.36. The Labute approximate surface area is 108 Å². The Morgan fingerprint density at radius 2 is 1.94 bits per heavy atom. The number of carbonyl (C=O) groups is 1. The summed E-state index contributed by atoms with van der Waals surface area (Å²) in [6, 6.07) is 8.10. The fourth-order valence-corrected chi connectivity index (χ4v) is 1.94. The maximum absolute atomic E-state index is 12.0. The van der Waals surface area contributed by atoms with Gasteiger partial charge in [-0.05, 0) is 36.6 Å². The molecule has 0 spiro atoms. The molecule has 96 valence electrons. The second kappa shape index (κ2) is 5.83. The zero-order chi connectivity index (χ0) is 13.0. The van der Waals surface area contributed by atoms with E-state index in [0.717, 1.165) is 37.2 Å². The molecule has 0 unspecified atom stereocenters. The molecular weight excluding hydrogens is 224 g/mol. The molecule has 1 aliphatic heterocycles. The molecule has 1 aromatic rings. The molecule has 1 aromatic carbocycles. The topological polar surface area (TPSA) is 41.1 Å². The van der Waals surface area contributed by atoms with Gasteiger partial charge in [0.05, 0.1) is 0 Å². The zero-order valence-electron chi connectivity index (χ0n) is 11.0. The maximum Gasteiger partial charge on any atom is 0.251 e. The smallest absolute Gasteiger partial charge is 0.251 e. The summed E-state index contributed by atoms with van der Waals surface area (Å²) in [5.41, 5.74) is 4.22. The van der Waals surface area contributed by atoms with Crippen molar-refractivity contribution in [2.45, 2.75) is 26.7 Å². The Morgan fingerprint density at radius 1 is 1.28 bits per heavy atom. The number of rotatable bonds is 4. The van der Waals surface area contributed by atoms with Crippen molar-refractivity contribution < 1.29 is 4.79 Å². The van der Waals surface area contributed by atoms with Crippen molar-refractivity contribution in [1.29, 1.82) is 0 Å². The van der Waals surface area contributed by atoms with Gasteiger partial charge >= 0.3 is 0 Å². The summed E-state index contributed by atoms with van der Waals surface area (Å²) in [7, 11) is 0. The first-order valence-electron chi connectivity index (χ1n) is 6.50. The summed E-state index contributed by atoms with van der Waals surface area (Å²) < 4.78 is 0. The minimum Gasteiger partial charge on any atom is -0.322 e. The predicted octanol–water partition coefficient (Wildman–Crippen LogP) is 2.50. The molecule has 1 fully saturated rings. The van der Waals surface area contributed by atoms with E-state index in [2.05, 4.69) is 29.7 Å². The van der Waals surface area contributed by atoms with Crippen molar-refractivity contribution in [1.82, 2.24) is 5.32 Å². The maximum atomic E-state index is 12.0. The van der Waals surface area contributed by atoms with Crippen LogP contribution in [0, 0.1) is 0 Å². The number of benzene rings is 1. The van der Waals surface area contributed by atoms with Crippen molar-refractivity contribution in [3.05, 3.63) is 41.0 Å². The average Bonchev–Trinajstić information content (AvgIpc) is 2.29. The molecule has 0 aromatic heterocycles. The summed E-state index contributed by atoms with van der Waals surface area (Å²) in [5.74, 6) is 0.00902. The fraction of sp³-hybridized carbons (Fsp3) is 0.400. The van der Waals surface area contributed by atoms with Crippen LogP contribution in [0.1, 0.15) is 25.8 Å². The van der Waals surface area contributed by atoms with Gasteiger partial charge in [0.1, 0.15) is 0 Å². The lowest BCUT2D eigenvalue weighted by Gasteiger charge is -2.21. The van der Waals surface area contributed by atoms with Crippen molar-refractivity contribution in [2.24, 2.45) is 0 Å². The van der Waals surface area contributed by atoms with Crippen molar-refractivity contribution in [3.8, 4) is 0 Å². The molecule has 2 rings (SSSR count). The standard InChI is InChI=1S/C15H20N2O/c1-3-4-12-5-7-14(8-6-12)17-15(18)11(2)13-9-16-10-13/h5-8,16H,3-4,9-10H2,1-2H3,(H,17,18). The first-order valence-corrected chi connectivity index (χ1v) is 6.50. The van der Waals surface area contributed by atoms with Gasteiger partial charge in [-0.25, -0.2) is 0 Å². The van der Waals surface area contributed by atoms with Gasteiger partial charge in [-0.1, -0.05) is 25.5 Å². The van der Waals surface area contributed by atoms with Crippen LogP contribution in [0.5, 0.6) is 0 Å². The quantitative estimate of drug-likeness (QED) is 0.799. The molecule has 18 heavy (non-hydrogen) atoms. The third-order valence-corrected chi connectivity index (χ3v) is 3.30. The predicted molar refractivity (Wildman–Crippen MR) is 74.6 cm³/mol.